The van der Waals surface area contributed by atoms with E-state index in [9.17, 15) is 9.59 Å². The van der Waals surface area contributed by atoms with Gasteiger partial charge in [-0.15, -0.1) is 0 Å². The van der Waals surface area contributed by atoms with Gasteiger partial charge in [0.15, 0.2) is 17.3 Å². The second kappa shape index (κ2) is 4.24. The van der Waals surface area contributed by atoms with Crippen LogP contribution < -0.4 is 14.8 Å². The molecule has 0 saturated heterocycles. The van der Waals surface area contributed by atoms with E-state index in [2.05, 4.69) is 5.32 Å². The third-order valence-corrected chi connectivity index (χ3v) is 5.62. The third-order valence-electron chi connectivity index (χ3n) is 5.62. The van der Waals surface area contributed by atoms with Gasteiger partial charge >= 0.3 is 0 Å². The van der Waals surface area contributed by atoms with E-state index in [1.54, 1.807) is 18.2 Å². The first kappa shape index (κ1) is 13.6. The molecule has 4 rings (SSSR count). The number of hydrogen-bond donors (Lipinski definition) is 1. The highest BCUT2D eigenvalue weighted by atomic mass is 16.7. The summed E-state index contributed by atoms with van der Waals surface area (Å²) < 4.78 is 10.6. The summed E-state index contributed by atoms with van der Waals surface area (Å²) in [6, 6.07) is 5.29. The Balaban J connectivity index is 1.59. The van der Waals surface area contributed by atoms with Gasteiger partial charge in [-0.1, -0.05) is 13.8 Å². The minimum absolute atomic E-state index is 0.0921. The predicted molar refractivity (Wildman–Crippen MR) is 79.8 cm³/mol. The van der Waals surface area contributed by atoms with Crippen LogP contribution in [0, 0.1) is 16.7 Å². The minimum Gasteiger partial charge on any atom is -0.454 e. The van der Waals surface area contributed by atoms with Crippen LogP contribution in [0.5, 0.6) is 11.5 Å². The van der Waals surface area contributed by atoms with Crippen molar-refractivity contribution < 1.29 is 19.1 Å². The minimum atomic E-state index is -0.843. The highest BCUT2D eigenvalue weighted by Crippen LogP contribution is 2.60. The first-order valence-corrected chi connectivity index (χ1v) is 7.69. The Morgan fingerprint density at radius 3 is 2.77 bits per heavy atom. The number of amides is 1. The van der Waals surface area contributed by atoms with E-state index < -0.39 is 5.41 Å². The average molecular weight is 301 g/mol. The third kappa shape index (κ3) is 1.65. The number of ether oxygens (including phenoxy) is 2. The zero-order valence-corrected chi connectivity index (χ0v) is 12.8. The van der Waals surface area contributed by atoms with Crippen LogP contribution in [0.1, 0.15) is 33.1 Å². The molecule has 22 heavy (non-hydrogen) atoms. The van der Waals surface area contributed by atoms with Crippen LogP contribution in [0.4, 0.5) is 5.69 Å². The second-order valence-electron chi connectivity index (χ2n) is 7.09. The summed E-state index contributed by atoms with van der Waals surface area (Å²) >= 11 is 0. The normalized spacial score (nSPS) is 30.6. The quantitative estimate of drug-likeness (QED) is 0.853. The monoisotopic (exact) mass is 301 g/mol. The number of ketones is 1. The summed E-state index contributed by atoms with van der Waals surface area (Å²) in [4.78, 5) is 25.5. The molecule has 5 nitrogen and oxygen atoms in total. The number of fused-ring (bicyclic) bond motifs is 3. The van der Waals surface area contributed by atoms with Crippen molar-refractivity contribution in [1.29, 1.82) is 0 Å². The van der Waals surface area contributed by atoms with Crippen LogP contribution in [0.2, 0.25) is 0 Å². The lowest BCUT2D eigenvalue weighted by Gasteiger charge is -2.32. The van der Waals surface area contributed by atoms with E-state index in [1.165, 1.54) is 0 Å². The molecule has 1 aromatic carbocycles. The van der Waals surface area contributed by atoms with Gasteiger partial charge in [-0.05, 0) is 37.3 Å². The largest absolute Gasteiger partial charge is 0.454 e. The van der Waals surface area contributed by atoms with Crippen molar-refractivity contribution in [3.05, 3.63) is 18.2 Å². The molecule has 2 aliphatic carbocycles. The number of benzene rings is 1. The number of Topliss-reactive ketones (excluding diaryl/α,β-unsaturated/α-hetero) is 1. The smallest absolute Gasteiger partial charge is 0.238 e. The molecule has 2 atom stereocenters. The molecule has 1 heterocycles. The molecule has 1 aliphatic heterocycles. The summed E-state index contributed by atoms with van der Waals surface area (Å²) in [6.45, 7) is 4.13. The molecule has 0 radical (unpaired) electrons. The zero-order chi connectivity index (χ0) is 15.5. The molecule has 5 heteroatoms. The Kier molecular flexibility index (Phi) is 2.63. The number of rotatable bonds is 2. The molecular formula is C17H19NO4. The Bertz CT molecular complexity index is 681. The lowest BCUT2D eigenvalue weighted by atomic mass is 9.70. The maximum atomic E-state index is 12.8. The van der Waals surface area contributed by atoms with Crippen molar-refractivity contribution in [2.45, 2.75) is 33.1 Å². The number of nitrogens with one attached hydrogen (secondary N) is 1. The van der Waals surface area contributed by atoms with E-state index in [0.29, 0.717) is 35.9 Å². The molecule has 2 bridgehead atoms. The second-order valence-corrected chi connectivity index (χ2v) is 7.09. The van der Waals surface area contributed by atoms with E-state index >= 15 is 0 Å². The standard InChI is InChI=1S/C17H19NO4/c1-16(2)10-5-6-17(8-10,14(16)19)15(20)18-11-3-4-12-13(7-11)22-9-21-12/h3-4,7,10H,5-6,8-9H2,1-2H3,(H,18,20). The Labute approximate surface area is 129 Å². The first-order chi connectivity index (χ1) is 10.4. The summed E-state index contributed by atoms with van der Waals surface area (Å²) in [7, 11) is 0. The highest BCUT2D eigenvalue weighted by Gasteiger charge is 2.65. The molecule has 116 valence electrons. The lowest BCUT2D eigenvalue weighted by Crippen LogP contribution is -2.44. The van der Waals surface area contributed by atoms with E-state index in [1.807, 2.05) is 13.8 Å². The predicted octanol–water partition coefficient (Wildman–Crippen LogP) is 2.75. The van der Waals surface area contributed by atoms with E-state index in [-0.39, 0.29) is 23.9 Å². The van der Waals surface area contributed by atoms with Crippen molar-refractivity contribution in [3.63, 3.8) is 0 Å². The van der Waals surface area contributed by atoms with Crippen LogP contribution in [-0.4, -0.2) is 18.5 Å². The first-order valence-electron chi connectivity index (χ1n) is 7.69. The van der Waals surface area contributed by atoms with Crippen molar-refractivity contribution in [3.8, 4) is 11.5 Å². The number of hydrogen-bond acceptors (Lipinski definition) is 4. The Morgan fingerprint density at radius 2 is 2.05 bits per heavy atom. The molecule has 1 aromatic rings. The molecule has 0 aromatic heterocycles. The SMILES string of the molecule is CC1(C)C(=O)C2(C(=O)Nc3ccc4c(c3)OCO4)CCC1C2. The fourth-order valence-electron chi connectivity index (χ4n) is 4.20. The van der Waals surface area contributed by atoms with Crippen LogP contribution in [0.3, 0.4) is 0 Å². The summed E-state index contributed by atoms with van der Waals surface area (Å²) in [5.74, 6) is 1.54. The molecule has 2 fully saturated rings. The molecule has 2 saturated carbocycles. The maximum absolute atomic E-state index is 12.8. The topological polar surface area (TPSA) is 64.6 Å². The van der Waals surface area contributed by atoms with Gasteiger partial charge in [-0.2, -0.15) is 0 Å². The van der Waals surface area contributed by atoms with Gasteiger partial charge in [0, 0.05) is 17.2 Å². The Morgan fingerprint density at radius 1 is 1.27 bits per heavy atom. The number of carbonyl (C=O) groups is 2. The molecule has 1 N–H and O–H groups in total. The summed E-state index contributed by atoms with van der Waals surface area (Å²) in [5.41, 5.74) is -0.584. The van der Waals surface area contributed by atoms with Crippen LogP contribution in [0.25, 0.3) is 0 Å². The molecule has 1 amide bonds. The molecule has 3 aliphatic rings. The van der Waals surface area contributed by atoms with Crippen LogP contribution in [-0.2, 0) is 9.59 Å². The van der Waals surface area contributed by atoms with Gasteiger partial charge in [0.05, 0.1) is 0 Å². The molecule has 2 unspecified atom stereocenters. The van der Waals surface area contributed by atoms with Crippen molar-refractivity contribution in [2.75, 3.05) is 12.1 Å². The van der Waals surface area contributed by atoms with Crippen LogP contribution in [0.15, 0.2) is 18.2 Å². The molecule has 0 spiro atoms. The van der Waals surface area contributed by atoms with Gasteiger partial charge in [-0.25, -0.2) is 0 Å². The fraction of sp³-hybridized carbons (Fsp3) is 0.529. The van der Waals surface area contributed by atoms with Crippen LogP contribution >= 0.6 is 0 Å². The van der Waals surface area contributed by atoms with Gasteiger partial charge in [0.2, 0.25) is 12.7 Å². The van der Waals surface area contributed by atoms with Gasteiger partial charge < -0.3 is 14.8 Å². The summed E-state index contributed by atoms with van der Waals surface area (Å²) in [6.07, 6.45) is 2.29. The number of carbonyl (C=O) groups excluding carboxylic acids is 2. The fourth-order valence-corrected chi connectivity index (χ4v) is 4.20. The van der Waals surface area contributed by atoms with E-state index in [0.717, 1.165) is 6.42 Å². The zero-order valence-electron chi connectivity index (χ0n) is 12.8. The molecular weight excluding hydrogens is 282 g/mol. The number of anilines is 1. The van der Waals surface area contributed by atoms with Gasteiger partial charge in [0.1, 0.15) is 5.41 Å². The summed E-state index contributed by atoms with van der Waals surface area (Å²) in [5, 5.41) is 2.90. The maximum Gasteiger partial charge on any atom is 0.238 e. The van der Waals surface area contributed by atoms with Gasteiger partial charge in [-0.3, -0.25) is 9.59 Å². The lowest BCUT2D eigenvalue weighted by molar-refractivity contribution is -0.142. The van der Waals surface area contributed by atoms with E-state index in [4.69, 9.17) is 9.47 Å². The highest BCUT2D eigenvalue weighted by molar-refractivity contribution is 6.15. The average Bonchev–Trinajstić information content (AvgIpc) is 3.16. The van der Waals surface area contributed by atoms with Crippen molar-refractivity contribution >= 4 is 17.4 Å². The Hall–Kier alpha value is -2.04. The van der Waals surface area contributed by atoms with Gasteiger partial charge in [0.25, 0.3) is 0 Å². The van der Waals surface area contributed by atoms with Crippen molar-refractivity contribution in [1.82, 2.24) is 0 Å². The van der Waals surface area contributed by atoms with Crippen molar-refractivity contribution in [2.24, 2.45) is 16.7 Å².